The predicted octanol–water partition coefficient (Wildman–Crippen LogP) is 3.65. The Morgan fingerprint density at radius 1 is 1.06 bits per heavy atom. The minimum atomic E-state index is -0.336. The maximum absolute atomic E-state index is 13.1. The highest BCUT2D eigenvalue weighted by atomic mass is 32.2. The first kappa shape index (κ1) is 21.8. The van der Waals surface area contributed by atoms with E-state index in [9.17, 15) is 14.0 Å². The first-order valence-corrected chi connectivity index (χ1v) is 11.7. The van der Waals surface area contributed by atoms with Crippen LogP contribution in [0, 0.1) is 5.82 Å². The standard InChI is InChI=1S/C23H27FN4O2S/c24-17-7-9-18(10-8-17)26-21(29)16-27-12-14-28(15-13-27)23(30)20-6-3-11-25-22(20)31-19-4-1-2-5-19/h3,6-11,19H,1-2,4-5,12-16H2,(H,26,29). The number of pyridine rings is 1. The van der Waals surface area contributed by atoms with E-state index in [1.54, 1.807) is 30.1 Å². The van der Waals surface area contributed by atoms with Crippen LogP contribution in [0.2, 0.25) is 0 Å². The van der Waals surface area contributed by atoms with Gasteiger partial charge < -0.3 is 10.2 Å². The molecule has 2 amide bonds. The van der Waals surface area contributed by atoms with E-state index in [0.717, 1.165) is 5.03 Å². The maximum atomic E-state index is 13.1. The topological polar surface area (TPSA) is 65.5 Å². The van der Waals surface area contributed by atoms with E-state index in [0.29, 0.717) is 42.7 Å². The molecule has 1 aromatic carbocycles. The lowest BCUT2D eigenvalue weighted by Crippen LogP contribution is -2.50. The number of carbonyl (C=O) groups is 2. The normalized spacial score (nSPS) is 17.6. The Morgan fingerprint density at radius 3 is 2.48 bits per heavy atom. The number of hydrogen-bond acceptors (Lipinski definition) is 5. The highest BCUT2D eigenvalue weighted by Gasteiger charge is 2.26. The number of thioether (sulfide) groups is 1. The second-order valence-corrected chi connectivity index (χ2v) is 9.29. The van der Waals surface area contributed by atoms with Crippen molar-refractivity contribution in [2.75, 3.05) is 38.0 Å². The number of carbonyl (C=O) groups excluding carboxylic acids is 2. The molecule has 0 unspecified atom stereocenters. The molecule has 0 bridgehead atoms. The summed E-state index contributed by atoms with van der Waals surface area (Å²) >= 11 is 1.74. The lowest BCUT2D eigenvalue weighted by atomic mass is 10.2. The van der Waals surface area contributed by atoms with E-state index in [2.05, 4.69) is 10.3 Å². The molecule has 1 aliphatic carbocycles. The van der Waals surface area contributed by atoms with Gasteiger partial charge in [-0.05, 0) is 49.2 Å². The first-order valence-electron chi connectivity index (χ1n) is 10.8. The lowest BCUT2D eigenvalue weighted by Gasteiger charge is -2.34. The fraction of sp³-hybridized carbons (Fsp3) is 0.435. The fourth-order valence-corrected chi connectivity index (χ4v) is 5.32. The van der Waals surface area contributed by atoms with Crippen LogP contribution < -0.4 is 5.32 Å². The molecular formula is C23H27FN4O2S. The predicted molar refractivity (Wildman–Crippen MR) is 120 cm³/mol. The Labute approximate surface area is 186 Å². The number of benzene rings is 1. The Balaban J connectivity index is 1.29. The van der Waals surface area contributed by atoms with Gasteiger partial charge in [-0.2, -0.15) is 0 Å². The quantitative estimate of drug-likeness (QED) is 0.740. The number of anilines is 1. The van der Waals surface area contributed by atoms with Crippen LogP contribution in [0.3, 0.4) is 0 Å². The summed E-state index contributed by atoms with van der Waals surface area (Å²) in [6.07, 6.45) is 6.64. The Bertz CT molecular complexity index is 910. The molecule has 1 aromatic heterocycles. The van der Waals surface area contributed by atoms with Crippen LogP contribution in [0.4, 0.5) is 10.1 Å². The van der Waals surface area contributed by atoms with Crippen molar-refractivity contribution in [3.05, 3.63) is 54.0 Å². The van der Waals surface area contributed by atoms with Crippen LogP contribution in [0.15, 0.2) is 47.6 Å². The van der Waals surface area contributed by atoms with E-state index >= 15 is 0 Å². The van der Waals surface area contributed by atoms with Gasteiger partial charge in [-0.15, -0.1) is 11.8 Å². The highest BCUT2D eigenvalue weighted by Crippen LogP contribution is 2.35. The summed E-state index contributed by atoms with van der Waals surface area (Å²) in [6.45, 7) is 2.66. The second kappa shape index (κ2) is 10.2. The van der Waals surface area contributed by atoms with Gasteiger partial charge in [0.25, 0.3) is 5.91 Å². The third kappa shape index (κ3) is 5.83. The summed E-state index contributed by atoms with van der Waals surface area (Å²) in [4.78, 5) is 33.8. The summed E-state index contributed by atoms with van der Waals surface area (Å²) < 4.78 is 13.0. The molecule has 0 atom stereocenters. The minimum Gasteiger partial charge on any atom is -0.336 e. The van der Waals surface area contributed by atoms with Crippen molar-refractivity contribution in [1.29, 1.82) is 0 Å². The van der Waals surface area contributed by atoms with E-state index in [4.69, 9.17) is 0 Å². The van der Waals surface area contributed by atoms with Gasteiger partial charge in [-0.3, -0.25) is 14.5 Å². The van der Waals surface area contributed by atoms with Crippen molar-refractivity contribution in [3.63, 3.8) is 0 Å². The van der Waals surface area contributed by atoms with Crippen molar-refractivity contribution in [1.82, 2.24) is 14.8 Å². The third-order valence-electron chi connectivity index (χ3n) is 5.74. The number of aromatic nitrogens is 1. The molecule has 2 aromatic rings. The fourth-order valence-electron chi connectivity index (χ4n) is 4.03. The molecule has 164 valence electrons. The molecule has 4 rings (SSSR count). The molecule has 1 saturated heterocycles. The van der Waals surface area contributed by atoms with Gasteiger partial charge in [0.05, 0.1) is 12.1 Å². The molecule has 1 aliphatic heterocycles. The summed E-state index contributed by atoms with van der Waals surface area (Å²) in [5.41, 5.74) is 1.26. The molecule has 0 radical (unpaired) electrons. The maximum Gasteiger partial charge on any atom is 0.256 e. The van der Waals surface area contributed by atoms with Gasteiger partial charge in [0, 0.05) is 43.3 Å². The van der Waals surface area contributed by atoms with Gasteiger partial charge in [0.15, 0.2) is 0 Å². The molecule has 6 nitrogen and oxygen atoms in total. The monoisotopic (exact) mass is 442 g/mol. The first-order chi connectivity index (χ1) is 15.1. The van der Waals surface area contributed by atoms with Gasteiger partial charge in [-0.25, -0.2) is 9.37 Å². The van der Waals surface area contributed by atoms with Crippen LogP contribution in [0.25, 0.3) is 0 Å². The van der Waals surface area contributed by atoms with Crippen molar-refractivity contribution in [3.8, 4) is 0 Å². The second-order valence-electron chi connectivity index (χ2n) is 8.00. The SMILES string of the molecule is O=C(CN1CCN(C(=O)c2cccnc2SC2CCCC2)CC1)Nc1ccc(F)cc1. The summed E-state index contributed by atoms with van der Waals surface area (Å²) in [7, 11) is 0. The van der Waals surface area contributed by atoms with E-state index in [1.165, 1.54) is 37.8 Å². The molecule has 0 spiro atoms. The molecule has 1 saturated carbocycles. The number of nitrogens with zero attached hydrogens (tertiary/aromatic N) is 3. The Morgan fingerprint density at radius 2 is 1.77 bits per heavy atom. The van der Waals surface area contributed by atoms with Gasteiger partial charge in [-0.1, -0.05) is 12.8 Å². The smallest absolute Gasteiger partial charge is 0.256 e. The summed E-state index contributed by atoms with van der Waals surface area (Å²) in [5.74, 6) is -0.463. The van der Waals surface area contributed by atoms with Crippen molar-refractivity contribution >= 4 is 29.3 Å². The number of halogens is 1. The van der Waals surface area contributed by atoms with Crippen molar-refractivity contribution in [2.45, 2.75) is 36.0 Å². The zero-order valence-corrected chi connectivity index (χ0v) is 18.2. The van der Waals surface area contributed by atoms with Crippen molar-refractivity contribution < 1.29 is 14.0 Å². The molecule has 2 aliphatic rings. The summed E-state index contributed by atoms with van der Waals surface area (Å²) in [6, 6.07) is 9.41. The number of hydrogen-bond donors (Lipinski definition) is 1. The van der Waals surface area contributed by atoms with Gasteiger partial charge >= 0.3 is 0 Å². The van der Waals surface area contributed by atoms with Crippen LogP contribution in [-0.4, -0.2) is 64.6 Å². The average molecular weight is 443 g/mol. The third-order valence-corrected chi connectivity index (χ3v) is 7.09. The van der Waals surface area contributed by atoms with Crippen LogP contribution in [0.1, 0.15) is 36.0 Å². The Kier molecular flexibility index (Phi) is 7.19. The van der Waals surface area contributed by atoms with Gasteiger partial charge in [0.2, 0.25) is 5.91 Å². The largest absolute Gasteiger partial charge is 0.336 e. The Hall–Kier alpha value is -2.45. The molecule has 8 heteroatoms. The van der Waals surface area contributed by atoms with Crippen LogP contribution >= 0.6 is 11.8 Å². The molecule has 31 heavy (non-hydrogen) atoms. The van der Waals surface area contributed by atoms with Gasteiger partial charge in [0.1, 0.15) is 10.8 Å². The zero-order valence-electron chi connectivity index (χ0n) is 17.4. The molecule has 1 N–H and O–H groups in total. The average Bonchev–Trinajstić information content (AvgIpc) is 3.29. The lowest BCUT2D eigenvalue weighted by molar-refractivity contribution is -0.117. The number of piperazine rings is 1. The molecular weight excluding hydrogens is 415 g/mol. The molecule has 2 fully saturated rings. The van der Waals surface area contributed by atoms with Crippen molar-refractivity contribution in [2.24, 2.45) is 0 Å². The molecule has 2 heterocycles. The minimum absolute atomic E-state index is 0.0176. The number of nitrogens with one attached hydrogen (secondary N) is 1. The highest BCUT2D eigenvalue weighted by molar-refractivity contribution is 7.99. The van der Waals surface area contributed by atoms with Crippen LogP contribution in [0.5, 0.6) is 0 Å². The van der Waals surface area contributed by atoms with E-state index in [1.807, 2.05) is 21.9 Å². The van der Waals surface area contributed by atoms with Crippen LogP contribution in [-0.2, 0) is 4.79 Å². The zero-order chi connectivity index (χ0) is 21.6. The number of amides is 2. The number of rotatable bonds is 6. The summed E-state index contributed by atoms with van der Waals surface area (Å²) in [5, 5.41) is 4.17. The van der Waals surface area contributed by atoms with E-state index < -0.39 is 0 Å². The van der Waals surface area contributed by atoms with E-state index in [-0.39, 0.29) is 24.2 Å².